The molecule has 2 aromatic carbocycles. The van der Waals surface area contributed by atoms with E-state index in [2.05, 4.69) is 6.07 Å². The van der Waals surface area contributed by atoms with Crippen molar-refractivity contribution in [3.63, 3.8) is 0 Å². The molecule has 6 heteroatoms. The average Bonchev–Trinajstić information content (AvgIpc) is 3.26. The SMILES string of the molecule is COCC(=O)N(Cc1cccc(C)c1)c1ccc(CC(=O)N(C)Cc2ccco2)cc1. The Labute approximate surface area is 183 Å². The lowest BCUT2D eigenvalue weighted by molar-refractivity contribution is -0.130. The molecular formula is C25H28N2O4. The van der Waals surface area contributed by atoms with E-state index in [0.29, 0.717) is 13.1 Å². The molecule has 162 valence electrons. The quantitative estimate of drug-likeness (QED) is 0.526. The summed E-state index contributed by atoms with van der Waals surface area (Å²) in [6.07, 6.45) is 1.88. The zero-order valence-electron chi connectivity index (χ0n) is 18.2. The molecule has 0 atom stereocenters. The van der Waals surface area contributed by atoms with Gasteiger partial charge in [0.05, 0.1) is 25.8 Å². The molecule has 0 spiro atoms. The predicted molar refractivity (Wildman–Crippen MR) is 120 cm³/mol. The number of benzene rings is 2. The van der Waals surface area contributed by atoms with E-state index in [9.17, 15) is 9.59 Å². The number of methoxy groups -OCH3 is 1. The molecule has 3 rings (SSSR count). The van der Waals surface area contributed by atoms with E-state index >= 15 is 0 Å². The minimum atomic E-state index is -0.119. The van der Waals surface area contributed by atoms with Crippen LogP contribution in [-0.2, 0) is 33.8 Å². The van der Waals surface area contributed by atoms with Crippen LogP contribution in [0.25, 0.3) is 0 Å². The Morgan fingerprint density at radius 2 is 1.71 bits per heavy atom. The van der Waals surface area contributed by atoms with Crippen LogP contribution in [0.1, 0.15) is 22.5 Å². The molecule has 0 bridgehead atoms. The van der Waals surface area contributed by atoms with E-state index in [1.807, 2.05) is 55.5 Å². The van der Waals surface area contributed by atoms with Gasteiger partial charge in [-0.3, -0.25) is 9.59 Å². The van der Waals surface area contributed by atoms with Crippen LogP contribution in [-0.4, -0.2) is 37.5 Å². The Balaban J connectivity index is 1.69. The fourth-order valence-corrected chi connectivity index (χ4v) is 3.35. The van der Waals surface area contributed by atoms with E-state index in [-0.39, 0.29) is 24.8 Å². The topological polar surface area (TPSA) is 63.0 Å². The molecule has 0 aliphatic heterocycles. The summed E-state index contributed by atoms with van der Waals surface area (Å²) in [7, 11) is 3.27. The summed E-state index contributed by atoms with van der Waals surface area (Å²) in [5.41, 5.74) is 3.84. The lowest BCUT2D eigenvalue weighted by atomic mass is 10.1. The molecule has 0 unspecified atom stereocenters. The molecule has 0 N–H and O–H groups in total. The molecule has 0 aliphatic rings. The predicted octanol–water partition coefficient (Wildman–Crippen LogP) is 3.97. The van der Waals surface area contributed by atoms with Crippen LogP contribution in [0.3, 0.4) is 0 Å². The van der Waals surface area contributed by atoms with Gasteiger partial charge >= 0.3 is 0 Å². The van der Waals surface area contributed by atoms with Gasteiger partial charge in [-0.25, -0.2) is 0 Å². The van der Waals surface area contributed by atoms with Crippen LogP contribution in [0.15, 0.2) is 71.3 Å². The Morgan fingerprint density at radius 1 is 0.935 bits per heavy atom. The average molecular weight is 421 g/mol. The van der Waals surface area contributed by atoms with Gasteiger partial charge in [0.25, 0.3) is 5.91 Å². The number of carbonyl (C=O) groups excluding carboxylic acids is 2. The van der Waals surface area contributed by atoms with Crippen LogP contribution < -0.4 is 4.90 Å². The van der Waals surface area contributed by atoms with Crippen molar-refractivity contribution in [2.24, 2.45) is 0 Å². The lowest BCUT2D eigenvalue weighted by Gasteiger charge is -2.23. The zero-order valence-corrected chi connectivity index (χ0v) is 18.2. The largest absolute Gasteiger partial charge is 0.467 e. The third-order valence-electron chi connectivity index (χ3n) is 4.99. The summed E-state index contributed by atoms with van der Waals surface area (Å²) in [6.45, 7) is 2.91. The van der Waals surface area contributed by atoms with Crippen molar-refractivity contribution in [2.75, 3.05) is 25.7 Å². The molecule has 31 heavy (non-hydrogen) atoms. The van der Waals surface area contributed by atoms with Crippen LogP contribution in [0.2, 0.25) is 0 Å². The molecule has 1 aromatic heterocycles. The minimum Gasteiger partial charge on any atom is -0.467 e. The highest BCUT2D eigenvalue weighted by Gasteiger charge is 2.17. The number of rotatable bonds is 9. The highest BCUT2D eigenvalue weighted by molar-refractivity contribution is 5.94. The maximum atomic E-state index is 12.7. The summed E-state index contributed by atoms with van der Waals surface area (Å²) in [5.74, 6) is 0.622. The summed E-state index contributed by atoms with van der Waals surface area (Å²) in [6, 6.07) is 19.2. The molecule has 2 amide bonds. The van der Waals surface area contributed by atoms with Gasteiger partial charge in [-0.1, -0.05) is 42.0 Å². The number of hydrogen-bond acceptors (Lipinski definition) is 4. The fourth-order valence-electron chi connectivity index (χ4n) is 3.35. The molecule has 6 nitrogen and oxygen atoms in total. The Morgan fingerprint density at radius 3 is 2.35 bits per heavy atom. The second kappa shape index (κ2) is 10.6. The van der Waals surface area contributed by atoms with Gasteiger partial charge in [-0.05, 0) is 42.3 Å². The van der Waals surface area contributed by atoms with Gasteiger partial charge in [-0.2, -0.15) is 0 Å². The number of likely N-dealkylation sites (N-methyl/N-ethyl adjacent to an activating group) is 1. The van der Waals surface area contributed by atoms with Crippen molar-refractivity contribution in [1.29, 1.82) is 0 Å². The van der Waals surface area contributed by atoms with E-state index < -0.39 is 0 Å². The number of carbonyl (C=O) groups is 2. The number of anilines is 1. The standard InChI is InChI=1S/C25H28N2O4/c1-19-6-4-7-21(14-19)16-27(25(29)18-30-3)22-11-9-20(10-12-22)15-24(28)26(2)17-23-8-5-13-31-23/h4-14H,15-18H2,1-3H3. The smallest absolute Gasteiger partial charge is 0.253 e. The first-order chi connectivity index (χ1) is 15.0. The van der Waals surface area contributed by atoms with Gasteiger partial charge in [0, 0.05) is 19.8 Å². The van der Waals surface area contributed by atoms with Crippen molar-refractivity contribution in [3.8, 4) is 0 Å². The van der Waals surface area contributed by atoms with E-state index in [1.54, 1.807) is 29.2 Å². The Kier molecular flexibility index (Phi) is 7.62. The van der Waals surface area contributed by atoms with E-state index in [4.69, 9.17) is 9.15 Å². The molecule has 0 saturated carbocycles. The third-order valence-corrected chi connectivity index (χ3v) is 4.99. The van der Waals surface area contributed by atoms with E-state index in [1.165, 1.54) is 7.11 Å². The maximum Gasteiger partial charge on any atom is 0.253 e. The second-order valence-electron chi connectivity index (χ2n) is 7.57. The highest BCUT2D eigenvalue weighted by atomic mass is 16.5. The second-order valence-corrected chi connectivity index (χ2v) is 7.57. The van der Waals surface area contributed by atoms with Gasteiger partial charge in [0.1, 0.15) is 12.4 Å². The molecule has 0 saturated heterocycles. The highest BCUT2D eigenvalue weighted by Crippen LogP contribution is 2.20. The Hall–Kier alpha value is -3.38. The first-order valence-corrected chi connectivity index (χ1v) is 10.2. The zero-order chi connectivity index (χ0) is 22.2. The van der Waals surface area contributed by atoms with Crippen molar-refractivity contribution in [2.45, 2.75) is 26.4 Å². The first kappa shape index (κ1) is 22.3. The maximum absolute atomic E-state index is 12.7. The third kappa shape index (κ3) is 6.30. The molecule has 0 fully saturated rings. The number of ether oxygens (including phenoxy) is 1. The van der Waals surface area contributed by atoms with Crippen molar-refractivity contribution >= 4 is 17.5 Å². The van der Waals surface area contributed by atoms with Gasteiger partial charge in [0.2, 0.25) is 5.91 Å². The lowest BCUT2D eigenvalue weighted by Crippen LogP contribution is -2.33. The van der Waals surface area contributed by atoms with Gasteiger partial charge in [0.15, 0.2) is 0 Å². The van der Waals surface area contributed by atoms with E-state index in [0.717, 1.165) is 28.1 Å². The van der Waals surface area contributed by atoms with Crippen molar-refractivity contribution in [1.82, 2.24) is 4.90 Å². The number of hydrogen-bond donors (Lipinski definition) is 0. The fraction of sp³-hybridized carbons (Fsp3) is 0.280. The van der Waals surface area contributed by atoms with Crippen LogP contribution in [0.4, 0.5) is 5.69 Å². The Bertz CT molecular complexity index is 997. The number of amides is 2. The van der Waals surface area contributed by atoms with Crippen LogP contribution >= 0.6 is 0 Å². The minimum absolute atomic E-state index is 0.00349. The molecule has 3 aromatic rings. The van der Waals surface area contributed by atoms with Crippen LogP contribution in [0, 0.1) is 6.92 Å². The van der Waals surface area contributed by atoms with Crippen molar-refractivity contribution < 1.29 is 18.7 Å². The number of nitrogens with zero attached hydrogens (tertiary/aromatic N) is 2. The monoisotopic (exact) mass is 420 g/mol. The van der Waals surface area contributed by atoms with Crippen LogP contribution in [0.5, 0.6) is 0 Å². The number of furan rings is 1. The normalized spacial score (nSPS) is 10.7. The van der Waals surface area contributed by atoms with Crippen molar-refractivity contribution in [3.05, 3.63) is 89.4 Å². The molecule has 0 radical (unpaired) electrons. The summed E-state index contributed by atoms with van der Waals surface area (Å²) >= 11 is 0. The van der Waals surface area contributed by atoms with Gasteiger partial charge < -0.3 is 19.0 Å². The first-order valence-electron chi connectivity index (χ1n) is 10.2. The molecule has 1 heterocycles. The van der Waals surface area contributed by atoms with Gasteiger partial charge in [-0.15, -0.1) is 0 Å². The molecular weight excluding hydrogens is 392 g/mol. The summed E-state index contributed by atoms with van der Waals surface area (Å²) < 4.78 is 10.4. The molecule has 0 aliphatic carbocycles. The summed E-state index contributed by atoms with van der Waals surface area (Å²) in [4.78, 5) is 28.5. The summed E-state index contributed by atoms with van der Waals surface area (Å²) in [5, 5.41) is 0. The number of aryl methyl sites for hydroxylation is 1.